The van der Waals surface area contributed by atoms with E-state index >= 15 is 0 Å². The Labute approximate surface area is 143 Å². The lowest BCUT2D eigenvalue weighted by atomic mass is 10.1. The maximum Gasteiger partial charge on any atom is 0.199 e. The van der Waals surface area contributed by atoms with Gasteiger partial charge in [0.1, 0.15) is 5.75 Å². The molecule has 0 aliphatic heterocycles. The van der Waals surface area contributed by atoms with Crippen molar-refractivity contribution in [1.29, 1.82) is 0 Å². The maximum atomic E-state index is 12.6. The molecule has 2 aromatic carbocycles. The number of aromatic hydroxyl groups is 1. The van der Waals surface area contributed by atoms with Crippen LogP contribution in [0.1, 0.15) is 15.9 Å². The molecule has 0 atom stereocenters. The van der Waals surface area contributed by atoms with Crippen LogP contribution >= 0.6 is 31.9 Å². The summed E-state index contributed by atoms with van der Waals surface area (Å²) in [6.45, 7) is 0. The van der Waals surface area contributed by atoms with Gasteiger partial charge >= 0.3 is 0 Å². The molecule has 110 valence electrons. The number of hydrogen-bond acceptors (Lipinski definition) is 3. The average Bonchev–Trinajstić information content (AvgIpc) is 3.01. The second-order valence-corrected chi connectivity index (χ2v) is 6.39. The summed E-state index contributed by atoms with van der Waals surface area (Å²) in [5.41, 5.74) is 1.49. The minimum absolute atomic E-state index is 0.0827. The fraction of sp³-hybridized carbons (Fsp3) is 0. The number of ketones is 1. The molecule has 1 N–H and O–H groups in total. The minimum atomic E-state index is -0.290. The van der Waals surface area contributed by atoms with Gasteiger partial charge in [0, 0.05) is 10.7 Å². The molecule has 0 saturated heterocycles. The Balaban J connectivity index is 1.99. The van der Waals surface area contributed by atoms with Crippen LogP contribution in [0.4, 0.5) is 0 Å². The van der Waals surface area contributed by atoms with E-state index in [0.29, 0.717) is 14.5 Å². The van der Waals surface area contributed by atoms with Gasteiger partial charge in [0.25, 0.3) is 0 Å². The van der Waals surface area contributed by atoms with Gasteiger partial charge in [-0.25, -0.2) is 4.68 Å². The third kappa shape index (κ3) is 2.84. The topological polar surface area (TPSA) is 55.1 Å². The normalized spacial score (nSPS) is 10.6. The third-order valence-electron chi connectivity index (χ3n) is 3.14. The molecule has 3 aromatic rings. The van der Waals surface area contributed by atoms with E-state index < -0.39 is 0 Å². The van der Waals surface area contributed by atoms with Crippen molar-refractivity contribution >= 4 is 37.6 Å². The zero-order valence-electron chi connectivity index (χ0n) is 11.2. The fourth-order valence-electron chi connectivity index (χ4n) is 2.06. The number of halogens is 2. The number of phenols is 1. The van der Waals surface area contributed by atoms with Crippen LogP contribution in [-0.2, 0) is 0 Å². The highest BCUT2D eigenvalue weighted by Gasteiger charge is 2.18. The zero-order valence-corrected chi connectivity index (χ0v) is 14.4. The molecule has 4 nitrogen and oxygen atoms in total. The number of nitrogens with zero attached hydrogens (tertiary/aromatic N) is 2. The summed E-state index contributed by atoms with van der Waals surface area (Å²) in [6, 6.07) is 12.8. The summed E-state index contributed by atoms with van der Waals surface area (Å²) >= 11 is 6.54. The molecule has 1 heterocycles. The summed E-state index contributed by atoms with van der Waals surface area (Å²) in [5.74, 6) is -0.373. The number of para-hydroxylation sites is 1. The quantitative estimate of drug-likeness (QED) is 0.640. The standard InChI is InChI=1S/C16H10Br2N2O2/c17-11-6-13(16(22)14(18)7-11)15(21)10-8-19-20(9-10)12-4-2-1-3-5-12/h1-9,22H. The van der Waals surface area contributed by atoms with Crippen LogP contribution < -0.4 is 0 Å². The van der Waals surface area contributed by atoms with Gasteiger partial charge in [0.05, 0.1) is 27.5 Å². The highest BCUT2D eigenvalue weighted by Crippen LogP contribution is 2.33. The maximum absolute atomic E-state index is 12.6. The molecule has 0 bridgehead atoms. The number of aromatic nitrogens is 2. The largest absolute Gasteiger partial charge is 0.506 e. The van der Waals surface area contributed by atoms with Gasteiger partial charge in [-0.3, -0.25) is 4.79 Å². The van der Waals surface area contributed by atoms with Crippen molar-refractivity contribution in [1.82, 2.24) is 9.78 Å². The molecule has 0 aliphatic rings. The first-order chi connectivity index (χ1) is 10.6. The number of hydrogen-bond donors (Lipinski definition) is 1. The monoisotopic (exact) mass is 420 g/mol. The molecule has 1 aromatic heterocycles. The van der Waals surface area contributed by atoms with E-state index in [1.807, 2.05) is 30.3 Å². The van der Waals surface area contributed by atoms with Crippen LogP contribution in [0.3, 0.4) is 0 Å². The van der Waals surface area contributed by atoms with Gasteiger partial charge < -0.3 is 5.11 Å². The molecule has 0 fully saturated rings. The summed E-state index contributed by atoms with van der Waals surface area (Å²) in [4.78, 5) is 12.6. The van der Waals surface area contributed by atoms with Crippen molar-refractivity contribution in [3.63, 3.8) is 0 Å². The van der Waals surface area contributed by atoms with Gasteiger partial charge in [-0.15, -0.1) is 0 Å². The molecule has 0 aliphatic carbocycles. The van der Waals surface area contributed by atoms with Gasteiger partial charge in [0.15, 0.2) is 5.78 Å². The zero-order chi connectivity index (χ0) is 15.7. The van der Waals surface area contributed by atoms with Crippen molar-refractivity contribution in [3.05, 3.63) is 74.9 Å². The first-order valence-corrected chi connectivity index (χ1v) is 7.97. The Morgan fingerprint density at radius 2 is 1.86 bits per heavy atom. The summed E-state index contributed by atoms with van der Waals surface area (Å²) < 4.78 is 2.79. The Kier molecular flexibility index (Phi) is 4.13. The molecule has 3 rings (SSSR count). The Hall–Kier alpha value is -1.92. The first-order valence-electron chi connectivity index (χ1n) is 6.39. The number of carbonyl (C=O) groups is 1. The molecule has 0 radical (unpaired) electrons. The summed E-state index contributed by atoms with van der Waals surface area (Å²) in [5, 5.41) is 14.3. The molecule has 0 unspecified atom stereocenters. The van der Waals surface area contributed by atoms with Crippen LogP contribution in [0.2, 0.25) is 0 Å². The summed E-state index contributed by atoms with van der Waals surface area (Å²) in [7, 11) is 0. The molecule has 0 amide bonds. The Morgan fingerprint density at radius 1 is 1.14 bits per heavy atom. The van der Waals surface area contributed by atoms with E-state index in [2.05, 4.69) is 37.0 Å². The SMILES string of the molecule is O=C(c1cnn(-c2ccccc2)c1)c1cc(Br)cc(Br)c1O. The van der Waals surface area contributed by atoms with E-state index in [4.69, 9.17) is 0 Å². The van der Waals surface area contributed by atoms with E-state index in [9.17, 15) is 9.90 Å². The second kappa shape index (κ2) is 6.06. The van der Waals surface area contributed by atoms with Crippen molar-refractivity contribution in [3.8, 4) is 11.4 Å². The van der Waals surface area contributed by atoms with Crippen LogP contribution in [0.15, 0.2) is 63.8 Å². The smallest absolute Gasteiger partial charge is 0.199 e. The lowest BCUT2D eigenvalue weighted by Crippen LogP contribution is -2.01. The van der Waals surface area contributed by atoms with Crippen LogP contribution in [0, 0.1) is 0 Å². The van der Waals surface area contributed by atoms with Gasteiger partial charge in [-0.2, -0.15) is 5.10 Å². The lowest BCUT2D eigenvalue weighted by Gasteiger charge is -2.05. The molecule has 6 heteroatoms. The average molecular weight is 422 g/mol. The van der Waals surface area contributed by atoms with Crippen LogP contribution in [0.5, 0.6) is 5.75 Å². The predicted molar refractivity (Wildman–Crippen MR) is 90.5 cm³/mol. The summed E-state index contributed by atoms with van der Waals surface area (Å²) in [6.07, 6.45) is 3.13. The minimum Gasteiger partial charge on any atom is -0.506 e. The molecule has 0 spiro atoms. The van der Waals surface area contributed by atoms with E-state index in [1.165, 1.54) is 6.20 Å². The van der Waals surface area contributed by atoms with Crippen molar-refractivity contribution in [2.45, 2.75) is 0 Å². The van der Waals surface area contributed by atoms with Crippen LogP contribution in [-0.4, -0.2) is 20.7 Å². The van der Waals surface area contributed by atoms with Gasteiger partial charge in [0.2, 0.25) is 0 Å². The number of phenolic OH excluding ortho intramolecular Hbond substituents is 1. The van der Waals surface area contributed by atoms with Crippen molar-refractivity contribution in [2.75, 3.05) is 0 Å². The number of carbonyl (C=O) groups excluding carboxylic acids is 1. The van der Waals surface area contributed by atoms with Crippen molar-refractivity contribution < 1.29 is 9.90 Å². The van der Waals surface area contributed by atoms with Crippen LogP contribution in [0.25, 0.3) is 5.69 Å². The highest BCUT2D eigenvalue weighted by molar-refractivity contribution is 9.11. The number of benzene rings is 2. The van der Waals surface area contributed by atoms with E-state index in [0.717, 1.165) is 5.69 Å². The second-order valence-electron chi connectivity index (χ2n) is 4.62. The number of rotatable bonds is 3. The lowest BCUT2D eigenvalue weighted by molar-refractivity contribution is 0.103. The molecule has 22 heavy (non-hydrogen) atoms. The van der Waals surface area contributed by atoms with Crippen molar-refractivity contribution in [2.24, 2.45) is 0 Å². The first kappa shape index (κ1) is 15.0. The van der Waals surface area contributed by atoms with Gasteiger partial charge in [-0.05, 0) is 40.2 Å². The van der Waals surface area contributed by atoms with Gasteiger partial charge in [-0.1, -0.05) is 34.1 Å². The third-order valence-corrected chi connectivity index (χ3v) is 4.20. The molecule has 0 saturated carbocycles. The Bertz CT molecular complexity index is 845. The molecular weight excluding hydrogens is 412 g/mol. The Morgan fingerprint density at radius 3 is 2.59 bits per heavy atom. The predicted octanol–water partition coefficient (Wildman–Crippen LogP) is 4.33. The fourth-order valence-corrected chi connectivity index (χ4v) is 3.28. The molecular formula is C16H10Br2N2O2. The van der Waals surface area contributed by atoms with E-state index in [1.54, 1.807) is 23.0 Å². The highest BCUT2D eigenvalue weighted by atomic mass is 79.9. The van der Waals surface area contributed by atoms with E-state index in [-0.39, 0.29) is 17.1 Å².